The summed E-state index contributed by atoms with van der Waals surface area (Å²) in [6.07, 6.45) is 1.98. The smallest absolute Gasteiger partial charge is 0.254 e. The van der Waals surface area contributed by atoms with Crippen molar-refractivity contribution in [1.29, 1.82) is 0 Å². The van der Waals surface area contributed by atoms with E-state index in [-0.39, 0.29) is 24.1 Å². The van der Waals surface area contributed by atoms with Crippen molar-refractivity contribution < 1.29 is 18.8 Å². The van der Waals surface area contributed by atoms with E-state index in [0.717, 1.165) is 12.8 Å². The summed E-state index contributed by atoms with van der Waals surface area (Å²) in [7, 11) is 0. The summed E-state index contributed by atoms with van der Waals surface area (Å²) < 4.78 is 13.5. The Bertz CT molecular complexity index is 849. The molecular weight excluding hydrogens is 337 g/mol. The van der Waals surface area contributed by atoms with Gasteiger partial charge in [-0.05, 0) is 43.2 Å². The zero-order valence-corrected chi connectivity index (χ0v) is 13.9. The number of benzene rings is 2. The third kappa shape index (κ3) is 4.66. The molecule has 0 spiro atoms. The molecule has 0 aliphatic heterocycles. The molecule has 3 rings (SSSR count). The van der Waals surface area contributed by atoms with E-state index < -0.39 is 17.6 Å². The number of anilines is 1. The van der Waals surface area contributed by atoms with Gasteiger partial charge < -0.3 is 16.0 Å². The number of nitrogens with one attached hydrogen (secondary N) is 3. The minimum atomic E-state index is -0.671. The molecule has 0 heterocycles. The Hall–Kier alpha value is -3.22. The van der Waals surface area contributed by atoms with Crippen LogP contribution in [-0.2, 0) is 4.79 Å². The van der Waals surface area contributed by atoms with Gasteiger partial charge in [0.15, 0.2) is 0 Å². The zero-order chi connectivity index (χ0) is 18.5. The molecule has 0 saturated heterocycles. The minimum absolute atomic E-state index is 0.126. The van der Waals surface area contributed by atoms with Crippen molar-refractivity contribution in [1.82, 2.24) is 10.6 Å². The maximum Gasteiger partial charge on any atom is 0.254 e. The summed E-state index contributed by atoms with van der Waals surface area (Å²) >= 11 is 0. The normalized spacial score (nSPS) is 13.0. The molecule has 0 atom stereocenters. The van der Waals surface area contributed by atoms with Crippen molar-refractivity contribution in [3.05, 3.63) is 65.5 Å². The topological polar surface area (TPSA) is 87.3 Å². The quantitative estimate of drug-likeness (QED) is 0.741. The molecule has 0 radical (unpaired) electrons. The molecule has 1 fully saturated rings. The van der Waals surface area contributed by atoms with Gasteiger partial charge in [-0.2, -0.15) is 0 Å². The van der Waals surface area contributed by atoms with Gasteiger partial charge in [0.1, 0.15) is 5.82 Å². The molecule has 1 aliphatic carbocycles. The lowest BCUT2D eigenvalue weighted by Crippen LogP contribution is -2.33. The van der Waals surface area contributed by atoms with Crippen LogP contribution in [0.2, 0.25) is 0 Å². The lowest BCUT2D eigenvalue weighted by atomic mass is 10.2. The largest absolute Gasteiger partial charge is 0.349 e. The van der Waals surface area contributed by atoms with Crippen molar-refractivity contribution in [2.24, 2.45) is 0 Å². The number of rotatable bonds is 6. The van der Waals surface area contributed by atoms with Gasteiger partial charge in [0, 0.05) is 17.3 Å². The van der Waals surface area contributed by atoms with Crippen LogP contribution < -0.4 is 16.0 Å². The molecule has 7 heteroatoms. The van der Waals surface area contributed by atoms with Crippen molar-refractivity contribution >= 4 is 23.4 Å². The predicted molar refractivity (Wildman–Crippen MR) is 94.3 cm³/mol. The van der Waals surface area contributed by atoms with Crippen LogP contribution in [0.5, 0.6) is 0 Å². The van der Waals surface area contributed by atoms with Crippen LogP contribution in [-0.4, -0.2) is 30.3 Å². The Balaban J connectivity index is 1.54. The number of carbonyl (C=O) groups excluding carboxylic acids is 3. The number of hydrogen-bond donors (Lipinski definition) is 3. The van der Waals surface area contributed by atoms with Gasteiger partial charge in [0.05, 0.1) is 12.1 Å². The van der Waals surface area contributed by atoms with Crippen molar-refractivity contribution in [2.45, 2.75) is 18.9 Å². The molecule has 1 aliphatic rings. The Labute approximate surface area is 149 Å². The third-order valence-corrected chi connectivity index (χ3v) is 3.85. The summed E-state index contributed by atoms with van der Waals surface area (Å²) in [6, 6.07) is 12.3. The Kier molecular flexibility index (Phi) is 5.26. The Morgan fingerprint density at radius 1 is 1.00 bits per heavy atom. The molecule has 134 valence electrons. The fourth-order valence-corrected chi connectivity index (χ4v) is 2.34. The number of carbonyl (C=O) groups is 3. The molecule has 26 heavy (non-hydrogen) atoms. The van der Waals surface area contributed by atoms with E-state index >= 15 is 0 Å². The van der Waals surface area contributed by atoms with E-state index in [9.17, 15) is 18.8 Å². The first-order valence-electron chi connectivity index (χ1n) is 8.26. The first-order valence-corrected chi connectivity index (χ1v) is 8.26. The SMILES string of the molecule is O=C(CNC(=O)c1ccccc1F)Nc1cccc(C(=O)NC2CC2)c1. The molecule has 2 aromatic rings. The maximum absolute atomic E-state index is 13.5. The van der Waals surface area contributed by atoms with Crippen molar-refractivity contribution in [3.8, 4) is 0 Å². The lowest BCUT2D eigenvalue weighted by molar-refractivity contribution is -0.115. The van der Waals surface area contributed by atoms with Crippen LogP contribution in [0, 0.1) is 5.82 Å². The van der Waals surface area contributed by atoms with Gasteiger partial charge >= 0.3 is 0 Å². The average Bonchev–Trinajstić information content (AvgIpc) is 3.44. The summed E-state index contributed by atoms with van der Waals surface area (Å²) in [5.41, 5.74) is 0.766. The van der Waals surface area contributed by atoms with Crippen molar-refractivity contribution in [3.63, 3.8) is 0 Å². The van der Waals surface area contributed by atoms with Gasteiger partial charge in [-0.1, -0.05) is 18.2 Å². The van der Waals surface area contributed by atoms with Gasteiger partial charge in [0.2, 0.25) is 5.91 Å². The van der Waals surface area contributed by atoms with E-state index in [1.54, 1.807) is 24.3 Å². The van der Waals surface area contributed by atoms with E-state index in [1.165, 1.54) is 24.3 Å². The summed E-state index contributed by atoms with van der Waals surface area (Å²) in [5, 5.41) is 7.83. The van der Waals surface area contributed by atoms with Gasteiger partial charge in [-0.25, -0.2) is 4.39 Å². The molecule has 6 nitrogen and oxygen atoms in total. The standard InChI is InChI=1S/C19H18FN3O3/c20-16-7-2-1-6-15(16)19(26)21-11-17(24)22-14-5-3-4-12(10-14)18(25)23-13-8-9-13/h1-7,10,13H,8-9,11H2,(H,21,26)(H,22,24)(H,23,25). The van der Waals surface area contributed by atoms with E-state index in [1.807, 2.05) is 0 Å². The molecule has 0 bridgehead atoms. The maximum atomic E-state index is 13.5. The summed E-state index contributed by atoms with van der Waals surface area (Å²) in [6.45, 7) is -0.314. The number of halogens is 1. The summed E-state index contributed by atoms with van der Waals surface area (Å²) in [4.78, 5) is 35.9. The van der Waals surface area contributed by atoms with Gasteiger partial charge in [-0.15, -0.1) is 0 Å². The zero-order valence-electron chi connectivity index (χ0n) is 13.9. The van der Waals surface area contributed by atoms with Crippen LogP contribution in [0.1, 0.15) is 33.6 Å². The first kappa shape index (κ1) is 17.6. The highest BCUT2D eigenvalue weighted by molar-refractivity contribution is 6.00. The highest BCUT2D eigenvalue weighted by atomic mass is 19.1. The molecule has 3 N–H and O–H groups in total. The molecule has 1 saturated carbocycles. The van der Waals surface area contributed by atoms with Crippen molar-refractivity contribution in [2.75, 3.05) is 11.9 Å². The Morgan fingerprint density at radius 3 is 2.50 bits per heavy atom. The highest BCUT2D eigenvalue weighted by Crippen LogP contribution is 2.20. The van der Waals surface area contributed by atoms with E-state index in [4.69, 9.17) is 0 Å². The van der Waals surface area contributed by atoms with E-state index in [2.05, 4.69) is 16.0 Å². The number of amides is 3. The summed E-state index contributed by atoms with van der Waals surface area (Å²) in [5.74, 6) is -1.98. The van der Waals surface area contributed by atoms with Crippen LogP contribution in [0.3, 0.4) is 0 Å². The molecular formula is C19H18FN3O3. The highest BCUT2D eigenvalue weighted by Gasteiger charge is 2.23. The average molecular weight is 355 g/mol. The molecule has 0 aromatic heterocycles. The van der Waals surface area contributed by atoms with Crippen LogP contribution >= 0.6 is 0 Å². The van der Waals surface area contributed by atoms with E-state index in [0.29, 0.717) is 11.3 Å². The Morgan fingerprint density at radius 2 is 1.77 bits per heavy atom. The molecule has 0 unspecified atom stereocenters. The fourth-order valence-electron chi connectivity index (χ4n) is 2.34. The monoisotopic (exact) mass is 355 g/mol. The molecule has 3 amide bonds. The second-order valence-corrected chi connectivity index (χ2v) is 6.04. The lowest BCUT2D eigenvalue weighted by Gasteiger charge is -2.09. The van der Waals surface area contributed by atoms with Gasteiger partial charge in [-0.3, -0.25) is 14.4 Å². The van der Waals surface area contributed by atoms with Crippen LogP contribution in [0.4, 0.5) is 10.1 Å². The second-order valence-electron chi connectivity index (χ2n) is 6.04. The van der Waals surface area contributed by atoms with Crippen LogP contribution in [0.25, 0.3) is 0 Å². The second kappa shape index (κ2) is 7.77. The minimum Gasteiger partial charge on any atom is -0.349 e. The van der Waals surface area contributed by atoms with Gasteiger partial charge in [0.25, 0.3) is 11.8 Å². The molecule has 2 aromatic carbocycles. The third-order valence-electron chi connectivity index (χ3n) is 3.85. The van der Waals surface area contributed by atoms with Crippen LogP contribution in [0.15, 0.2) is 48.5 Å². The fraction of sp³-hybridized carbons (Fsp3) is 0.211. The predicted octanol–water partition coefficient (Wildman–Crippen LogP) is 2.09. The first-order chi connectivity index (χ1) is 12.5. The number of hydrogen-bond acceptors (Lipinski definition) is 3.